The van der Waals surface area contributed by atoms with Crippen LogP contribution in [-0.4, -0.2) is 24.6 Å². The molecule has 2 amide bonds. The number of carbonyl (C=O) groups is 2. The molecule has 2 aromatic rings. The van der Waals surface area contributed by atoms with E-state index in [2.05, 4.69) is 15.8 Å². The van der Waals surface area contributed by atoms with Crippen LogP contribution in [-0.2, 0) is 4.79 Å². The van der Waals surface area contributed by atoms with Gasteiger partial charge in [-0.05, 0) is 61.6 Å². The number of ether oxygens (including phenoxy) is 1. The fourth-order valence-corrected chi connectivity index (χ4v) is 3.07. The van der Waals surface area contributed by atoms with Gasteiger partial charge in [-0.15, -0.1) is 0 Å². The molecule has 1 saturated carbocycles. The number of carbonyl (C=O) groups excluding carboxylic acids is 2. The summed E-state index contributed by atoms with van der Waals surface area (Å²) in [6.45, 7) is 0. The van der Waals surface area contributed by atoms with E-state index in [-0.39, 0.29) is 11.6 Å². The molecule has 0 saturated heterocycles. The van der Waals surface area contributed by atoms with E-state index in [0.717, 1.165) is 37.0 Å². The summed E-state index contributed by atoms with van der Waals surface area (Å²) in [5.41, 5.74) is 4.94. The van der Waals surface area contributed by atoms with Crippen molar-refractivity contribution < 1.29 is 14.3 Å². The zero-order valence-electron chi connectivity index (χ0n) is 16.5. The fourth-order valence-electron chi connectivity index (χ4n) is 3.07. The molecule has 0 heterocycles. The maximum Gasteiger partial charge on any atom is 0.287 e. The SMILES string of the molecule is COc1ccc(/C=C(/NC(=O)c2ccccc2)C(=O)NN=C2CCCCC2)cc1. The highest BCUT2D eigenvalue weighted by Crippen LogP contribution is 2.15. The molecule has 0 aliphatic heterocycles. The zero-order chi connectivity index (χ0) is 20.5. The maximum atomic E-state index is 12.8. The lowest BCUT2D eigenvalue weighted by Crippen LogP contribution is -2.33. The third kappa shape index (κ3) is 6.04. The van der Waals surface area contributed by atoms with Gasteiger partial charge in [0.05, 0.1) is 7.11 Å². The number of nitrogens with one attached hydrogen (secondary N) is 2. The van der Waals surface area contributed by atoms with E-state index >= 15 is 0 Å². The van der Waals surface area contributed by atoms with Crippen LogP contribution in [0.5, 0.6) is 5.75 Å². The van der Waals surface area contributed by atoms with Crippen LogP contribution in [0.25, 0.3) is 6.08 Å². The van der Waals surface area contributed by atoms with Gasteiger partial charge in [-0.3, -0.25) is 9.59 Å². The van der Waals surface area contributed by atoms with Gasteiger partial charge in [0.25, 0.3) is 11.8 Å². The monoisotopic (exact) mass is 391 g/mol. The van der Waals surface area contributed by atoms with E-state index in [9.17, 15) is 9.59 Å². The van der Waals surface area contributed by atoms with Crippen molar-refractivity contribution in [3.05, 3.63) is 71.4 Å². The van der Waals surface area contributed by atoms with Gasteiger partial charge in [0, 0.05) is 11.3 Å². The highest BCUT2D eigenvalue weighted by atomic mass is 16.5. The molecule has 3 rings (SSSR count). The molecule has 1 aliphatic rings. The van der Waals surface area contributed by atoms with Crippen molar-refractivity contribution in [2.75, 3.05) is 7.11 Å². The van der Waals surface area contributed by atoms with Crippen LogP contribution in [0.1, 0.15) is 48.0 Å². The second-order valence-electron chi connectivity index (χ2n) is 6.83. The van der Waals surface area contributed by atoms with Gasteiger partial charge >= 0.3 is 0 Å². The number of methoxy groups -OCH3 is 1. The molecular weight excluding hydrogens is 366 g/mol. The van der Waals surface area contributed by atoms with E-state index in [4.69, 9.17) is 4.74 Å². The summed E-state index contributed by atoms with van der Waals surface area (Å²) in [7, 11) is 1.59. The van der Waals surface area contributed by atoms with Crippen LogP contribution in [0.2, 0.25) is 0 Å². The Bertz CT molecular complexity index is 895. The minimum atomic E-state index is -0.455. The molecule has 1 aliphatic carbocycles. The van der Waals surface area contributed by atoms with E-state index in [1.807, 2.05) is 18.2 Å². The second kappa shape index (κ2) is 10.2. The quantitative estimate of drug-likeness (QED) is 0.579. The molecule has 0 unspecified atom stereocenters. The summed E-state index contributed by atoms with van der Waals surface area (Å²) in [6, 6.07) is 16.0. The van der Waals surface area contributed by atoms with Gasteiger partial charge in [-0.2, -0.15) is 5.10 Å². The number of hydrazone groups is 1. The smallest absolute Gasteiger partial charge is 0.287 e. The standard InChI is InChI=1S/C23H25N3O3/c1-29-20-14-12-17(13-15-20)16-21(24-22(27)18-8-4-2-5-9-18)23(28)26-25-19-10-6-3-7-11-19/h2,4-5,8-9,12-16H,3,6-7,10-11H2,1H3,(H,24,27)(H,26,28)/b21-16+. The summed E-state index contributed by atoms with van der Waals surface area (Å²) in [5.74, 6) is -0.0980. The lowest BCUT2D eigenvalue weighted by molar-refractivity contribution is -0.117. The van der Waals surface area contributed by atoms with Crippen LogP contribution in [0.15, 0.2) is 65.4 Å². The lowest BCUT2D eigenvalue weighted by atomic mass is 9.99. The van der Waals surface area contributed by atoms with Crippen molar-refractivity contribution >= 4 is 23.6 Å². The fraction of sp³-hybridized carbons (Fsp3) is 0.261. The van der Waals surface area contributed by atoms with Gasteiger partial charge in [-0.1, -0.05) is 36.8 Å². The molecule has 0 aromatic heterocycles. The molecule has 150 valence electrons. The molecular formula is C23H25N3O3. The van der Waals surface area contributed by atoms with E-state index < -0.39 is 5.91 Å². The highest BCUT2D eigenvalue weighted by Gasteiger charge is 2.15. The number of amides is 2. The first-order valence-electron chi connectivity index (χ1n) is 9.73. The Morgan fingerprint density at radius 3 is 2.31 bits per heavy atom. The van der Waals surface area contributed by atoms with Gasteiger partial charge < -0.3 is 10.1 Å². The van der Waals surface area contributed by atoms with Crippen LogP contribution in [0.4, 0.5) is 0 Å². The first kappa shape index (κ1) is 20.3. The number of rotatable bonds is 6. The number of hydrogen-bond donors (Lipinski definition) is 2. The average Bonchev–Trinajstić information content (AvgIpc) is 2.78. The first-order valence-corrected chi connectivity index (χ1v) is 9.73. The van der Waals surface area contributed by atoms with Crippen LogP contribution in [0, 0.1) is 0 Å². The topological polar surface area (TPSA) is 79.8 Å². The van der Waals surface area contributed by atoms with E-state index in [1.54, 1.807) is 49.6 Å². The minimum absolute atomic E-state index is 0.129. The molecule has 0 spiro atoms. The van der Waals surface area contributed by atoms with Gasteiger partial charge in [0.15, 0.2) is 0 Å². The van der Waals surface area contributed by atoms with Crippen molar-refractivity contribution in [2.24, 2.45) is 5.10 Å². The Kier molecular flexibility index (Phi) is 7.16. The average molecular weight is 391 g/mol. The molecule has 0 radical (unpaired) electrons. The molecule has 0 bridgehead atoms. The number of hydrogen-bond acceptors (Lipinski definition) is 4. The first-order chi connectivity index (χ1) is 14.2. The minimum Gasteiger partial charge on any atom is -0.497 e. The second-order valence-corrected chi connectivity index (χ2v) is 6.83. The van der Waals surface area contributed by atoms with Crippen molar-refractivity contribution in [2.45, 2.75) is 32.1 Å². The Labute approximate surface area is 170 Å². The van der Waals surface area contributed by atoms with E-state index in [0.29, 0.717) is 11.3 Å². The Morgan fingerprint density at radius 2 is 1.66 bits per heavy atom. The zero-order valence-corrected chi connectivity index (χ0v) is 16.5. The summed E-state index contributed by atoms with van der Waals surface area (Å²) < 4.78 is 5.16. The predicted molar refractivity (Wildman–Crippen MR) is 114 cm³/mol. The summed E-state index contributed by atoms with van der Waals surface area (Å²) in [5, 5.41) is 6.97. The molecule has 6 nitrogen and oxygen atoms in total. The lowest BCUT2D eigenvalue weighted by Gasteiger charge is -2.13. The van der Waals surface area contributed by atoms with E-state index in [1.165, 1.54) is 6.42 Å². The van der Waals surface area contributed by atoms with Crippen LogP contribution in [0.3, 0.4) is 0 Å². The third-order valence-electron chi connectivity index (χ3n) is 4.70. The highest BCUT2D eigenvalue weighted by molar-refractivity contribution is 6.05. The van der Waals surface area contributed by atoms with Gasteiger partial charge in [-0.25, -0.2) is 5.43 Å². The molecule has 1 fully saturated rings. The molecule has 2 N–H and O–H groups in total. The largest absolute Gasteiger partial charge is 0.497 e. The normalized spacial score (nSPS) is 14.1. The van der Waals surface area contributed by atoms with Crippen LogP contribution < -0.4 is 15.5 Å². The van der Waals surface area contributed by atoms with Crippen molar-refractivity contribution in [3.63, 3.8) is 0 Å². The van der Waals surface area contributed by atoms with Crippen molar-refractivity contribution in [3.8, 4) is 5.75 Å². The van der Waals surface area contributed by atoms with Crippen molar-refractivity contribution in [1.29, 1.82) is 0 Å². The summed E-state index contributed by atoms with van der Waals surface area (Å²) in [6.07, 6.45) is 6.80. The summed E-state index contributed by atoms with van der Waals surface area (Å²) in [4.78, 5) is 25.3. The summed E-state index contributed by atoms with van der Waals surface area (Å²) >= 11 is 0. The Morgan fingerprint density at radius 1 is 0.966 bits per heavy atom. The Hall–Kier alpha value is -3.41. The van der Waals surface area contributed by atoms with Crippen LogP contribution >= 0.6 is 0 Å². The van der Waals surface area contributed by atoms with Gasteiger partial charge in [0.2, 0.25) is 0 Å². The predicted octanol–water partition coefficient (Wildman–Crippen LogP) is 3.90. The Balaban J connectivity index is 1.80. The maximum absolute atomic E-state index is 12.8. The molecule has 2 aromatic carbocycles. The molecule has 29 heavy (non-hydrogen) atoms. The molecule has 0 atom stereocenters. The third-order valence-corrected chi connectivity index (χ3v) is 4.70. The van der Waals surface area contributed by atoms with Gasteiger partial charge in [0.1, 0.15) is 11.4 Å². The molecule has 6 heteroatoms. The van der Waals surface area contributed by atoms with Crippen molar-refractivity contribution in [1.82, 2.24) is 10.7 Å². The number of benzene rings is 2. The number of nitrogens with zero attached hydrogens (tertiary/aromatic N) is 1.